The molecule has 1 aliphatic rings. The lowest BCUT2D eigenvalue weighted by molar-refractivity contribution is -0.252. The Labute approximate surface area is 120 Å². The number of carboxylic acids is 1. The highest BCUT2D eigenvalue weighted by Crippen LogP contribution is 2.22. The highest BCUT2D eigenvalue weighted by molar-refractivity contribution is 5.70. The molecular formula is C14H17F3N2O2. The summed E-state index contributed by atoms with van der Waals surface area (Å²) in [5, 5.41) is 8.68. The van der Waals surface area contributed by atoms with Gasteiger partial charge in [-0.05, 0) is 11.1 Å². The van der Waals surface area contributed by atoms with Crippen LogP contribution in [-0.4, -0.2) is 53.4 Å². The van der Waals surface area contributed by atoms with E-state index in [9.17, 15) is 18.0 Å². The maximum absolute atomic E-state index is 12.5. The molecule has 0 unspecified atom stereocenters. The monoisotopic (exact) mass is 302 g/mol. The first kappa shape index (κ1) is 15.8. The molecule has 0 aliphatic carbocycles. The van der Waals surface area contributed by atoms with E-state index in [1.165, 1.54) is 0 Å². The van der Waals surface area contributed by atoms with Gasteiger partial charge in [0, 0.05) is 32.7 Å². The first-order valence-electron chi connectivity index (χ1n) is 6.68. The molecule has 1 aromatic carbocycles. The van der Waals surface area contributed by atoms with Crippen molar-refractivity contribution in [2.45, 2.75) is 19.3 Å². The summed E-state index contributed by atoms with van der Waals surface area (Å²) in [6.45, 7) is 1.30. The van der Waals surface area contributed by atoms with Crippen molar-refractivity contribution in [2.75, 3.05) is 26.2 Å². The number of carboxylic acid groups (broad SMARTS) is 1. The fourth-order valence-electron chi connectivity index (χ4n) is 2.35. The molecule has 1 saturated heterocycles. The van der Waals surface area contributed by atoms with Gasteiger partial charge in [-0.2, -0.15) is 13.2 Å². The standard InChI is InChI=1S/C14H17F3N2O2/c15-14(16,17)19-7-5-18(6-8-19)10-12-3-1-11(2-4-12)9-13(20)21/h1-4H,5-10H2,(H,20,21). The number of piperazine rings is 1. The maximum atomic E-state index is 12.5. The zero-order chi connectivity index (χ0) is 15.5. The lowest BCUT2D eigenvalue weighted by Crippen LogP contribution is -2.51. The van der Waals surface area contributed by atoms with Gasteiger partial charge in [0.2, 0.25) is 0 Å². The molecule has 1 aliphatic heterocycles. The van der Waals surface area contributed by atoms with Crippen molar-refractivity contribution in [3.05, 3.63) is 35.4 Å². The largest absolute Gasteiger partial charge is 0.481 e. The number of benzene rings is 1. The van der Waals surface area contributed by atoms with Gasteiger partial charge in [0.05, 0.1) is 6.42 Å². The van der Waals surface area contributed by atoms with Crippen LogP contribution >= 0.6 is 0 Å². The predicted octanol–water partition coefficient (Wildman–Crippen LogP) is 1.95. The summed E-state index contributed by atoms with van der Waals surface area (Å²) in [6, 6.07) is 7.15. The van der Waals surface area contributed by atoms with Crippen molar-refractivity contribution >= 4 is 5.97 Å². The van der Waals surface area contributed by atoms with Crippen molar-refractivity contribution in [1.82, 2.24) is 9.80 Å². The Morgan fingerprint density at radius 3 is 2.05 bits per heavy atom. The molecular weight excluding hydrogens is 285 g/mol. The number of alkyl halides is 3. The fraction of sp³-hybridized carbons (Fsp3) is 0.500. The predicted molar refractivity (Wildman–Crippen MR) is 70.7 cm³/mol. The van der Waals surface area contributed by atoms with Gasteiger partial charge >= 0.3 is 12.3 Å². The third kappa shape index (κ3) is 4.71. The molecule has 4 nitrogen and oxygen atoms in total. The second-order valence-corrected chi connectivity index (χ2v) is 5.12. The minimum absolute atomic E-state index is 0.0133. The van der Waals surface area contributed by atoms with Crippen molar-refractivity contribution in [3.8, 4) is 0 Å². The second-order valence-electron chi connectivity index (χ2n) is 5.12. The molecule has 1 aromatic rings. The first-order chi connectivity index (χ1) is 9.84. The topological polar surface area (TPSA) is 43.8 Å². The summed E-state index contributed by atoms with van der Waals surface area (Å²) in [5.41, 5.74) is 1.69. The Balaban J connectivity index is 1.85. The van der Waals surface area contributed by atoms with Gasteiger partial charge in [0.1, 0.15) is 0 Å². The van der Waals surface area contributed by atoms with E-state index in [-0.39, 0.29) is 19.5 Å². The van der Waals surface area contributed by atoms with Crippen LogP contribution in [0.2, 0.25) is 0 Å². The van der Waals surface area contributed by atoms with Crippen LogP contribution in [0, 0.1) is 0 Å². The van der Waals surface area contributed by atoms with Crippen LogP contribution in [0.15, 0.2) is 24.3 Å². The van der Waals surface area contributed by atoms with Crippen LogP contribution in [0.25, 0.3) is 0 Å². The van der Waals surface area contributed by atoms with Crippen molar-refractivity contribution < 1.29 is 23.1 Å². The normalized spacial score (nSPS) is 17.9. The van der Waals surface area contributed by atoms with E-state index in [1.807, 2.05) is 17.0 Å². The minimum Gasteiger partial charge on any atom is -0.481 e. The minimum atomic E-state index is -4.25. The number of carbonyl (C=O) groups is 1. The molecule has 1 heterocycles. The average molecular weight is 302 g/mol. The molecule has 0 spiro atoms. The molecule has 1 N–H and O–H groups in total. The zero-order valence-corrected chi connectivity index (χ0v) is 11.4. The van der Waals surface area contributed by atoms with E-state index in [0.717, 1.165) is 5.56 Å². The van der Waals surface area contributed by atoms with Crippen LogP contribution in [0.3, 0.4) is 0 Å². The van der Waals surface area contributed by atoms with E-state index in [4.69, 9.17) is 5.11 Å². The molecule has 0 amide bonds. The van der Waals surface area contributed by atoms with Crippen LogP contribution in [0.1, 0.15) is 11.1 Å². The summed E-state index contributed by atoms with van der Waals surface area (Å²) in [4.78, 5) is 13.1. The lowest BCUT2D eigenvalue weighted by Gasteiger charge is -2.35. The summed E-state index contributed by atoms with van der Waals surface area (Å²) < 4.78 is 37.5. The molecule has 0 aromatic heterocycles. The molecule has 2 rings (SSSR count). The van der Waals surface area contributed by atoms with E-state index in [0.29, 0.717) is 30.1 Å². The summed E-state index contributed by atoms with van der Waals surface area (Å²) in [5.74, 6) is -0.883. The van der Waals surface area contributed by atoms with Gasteiger partial charge < -0.3 is 5.11 Å². The lowest BCUT2D eigenvalue weighted by atomic mass is 10.1. The van der Waals surface area contributed by atoms with Crippen molar-refractivity contribution in [2.24, 2.45) is 0 Å². The summed E-state index contributed by atoms with van der Waals surface area (Å²) >= 11 is 0. The SMILES string of the molecule is O=C(O)Cc1ccc(CN2CCN(C(F)(F)F)CC2)cc1. The number of aliphatic carboxylic acids is 1. The van der Waals surface area contributed by atoms with Gasteiger partial charge in [-0.1, -0.05) is 24.3 Å². The molecule has 0 radical (unpaired) electrons. The third-order valence-corrected chi connectivity index (χ3v) is 3.52. The number of hydrogen-bond acceptors (Lipinski definition) is 3. The quantitative estimate of drug-likeness (QED) is 0.864. The van der Waals surface area contributed by atoms with Crippen LogP contribution in [0.4, 0.5) is 13.2 Å². The Kier molecular flexibility index (Phi) is 4.84. The van der Waals surface area contributed by atoms with Crippen LogP contribution in [-0.2, 0) is 17.8 Å². The van der Waals surface area contributed by atoms with Gasteiger partial charge in [-0.15, -0.1) is 0 Å². The van der Waals surface area contributed by atoms with Crippen molar-refractivity contribution in [1.29, 1.82) is 0 Å². The van der Waals surface area contributed by atoms with E-state index in [2.05, 4.69) is 0 Å². The Hall–Kier alpha value is -1.60. The smallest absolute Gasteiger partial charge is 0.460 e. The number of halogens is 3. The van der Waals surface area contributed by atoms with Gasteiger partial charge in [0.25, 0.3) is 0 Å². The van der Waals surface area contributed by atoms with Crippen LogP contribution < -0.4 is 0 Å². The van der Waals surface area contributed by atoms with Gasteiger partial charge in [-0.25, -0.2) is 4.90 Å². The van der Waals surface area contributed by atoms with E-state index in [1.54, 1.807) is 12.1 Å². The highest BCUT2D eigenvalue weighted by atomic mass is 19.4. The highest BCUT2D eigenvalue weighted by Gasteiger charge is 2.38. The first-order valence-corrected chi connectivity index (χ1v) is 6.68. The Morgan fingerprint density at radius 1 is 1.05 bits per heavy atom. The summed E-state index contributed by atoms with van der Waals surface area (Å²) in [7, 11) is 0. The summed E-state index contributed by atoms with van der Waals surface area (Å²) in [6.07, 6.45) is -4.27. The molecule has 0 bridgehead atoms. The second kappa shape index (κ2) is 6.44. The number of rotatable bonds is 4. The average Bonchev–Trinajstić information content (AvgIpc) is 2.40. The Morgan fingerprint density at radius 2 is 1.57 bits per heavy atom. The molecule has 116 valence electrons. The fourth-order valence-corrected chi connectivity index (χ4v) is 2.35. The zero-order valence-electron chi connectivity index (χ0n) is 11.4. The molecule has 0 atom stereocenters. The number of hydrogen-bond donors (Lipinski definition) is 1. The van der Waals surface area contributed by atoms with Crippen LogP contribution in [0.5, 0.6) is 0 Å². The van der Waals surface area contributed by atoms with E-state index < -0.39 is 12.3 Å². The molecule has 1 fully saturated rings. The number of nitrogens with zero attached hydrogens (tertiary/aromatic N) is 2. The molecule has 0 saturated carbocycles. The van der Waals surface area contributed by atoms with Gasteiger partial charge in [0.15, 0.2) is 0 Å². The van der Waals surface area contributed by atoms with E-state index >= 15 is 0 Å². The van der Waals surface area contributed by atoms with Gasteiger partial charge in [-0.3, -0.25) is 9.69 Å². The maximum Gasteiger partial charge on any atom is 0.460 e. The third-order valence-electron chi connectivity index (χ3n) is 3.52. The molecule has 21 heavy (non-hydrogen) atoms. The molecule has 7 heteroatoms. The van der Waals surface area contributed by atoms with Crippen molar-refractivity contribution in [3.63, 3.8) is 0 Å². The Bertz CT molecular complexity index is 480.